The SMILES string of the molecule is CNCc1cc(C)c(Br)c(S(=O)(=O)NC(C)CC2CC2)c1. The lowest BCUT2D eigenvalue weighted by molar-refractivity contribution is 0.529. The first-order valence-corrected chi connectivity index (χ1v) is 9.57. The molecule has 1 aromatic carbocycles. The van der Waals surface area contributed by atoms with Gasteiger partial charge in [0, 0.05) is 17.1 Å². The molecule has 4 nitrogen and oxygen atoms in total. The van der Waals surface area contributed by atoms with Crippen molar-refractivity contribution >= 4 is 26.0 Å². The summed E-state index contributed by atoms with van der Waals surface area (Å²) >= 11 is 3.41. The van der Waals surface area contributed by atoms with Crippen LogP contribution in [0.25, 0.3) is 0 Å². The minimum Gasteiger partial charge on any atom is -0.316 e. The third kappa shape index (κ3) is 4.52. The van der Waals surface area contributed by atoms with Crippen LogP contribution in [0.1, 0.15) is 37.3 Å². The van der Waals surface area contributed by atoms with E-state index in [9.17, 15) is 8.42 Å². The summed E-state index contributed by atoms with van der Waals surface area (Å²) in [5.74, 6) is 0.698. The second kappa shape index (κ2) is 6.77. The first kappa shape index (κ1) is 16.9. The zero-order valence-electron chi connectivity index (χ0n) is 12.7. The largest absolute Gasteiger partial charge is 0.316 e. The van der Waals surface area contributed by atoms with E-state index in [1.54, 1.807) is 6.07 Å². The molecule has 1 fully saturated rings. The molecule has 0 spiro atoms. The molecule has 118 valence electrons. The number of nitrogens with one attached hydrogen (secondary N) is 2. The molecule has 21 heavy (non-hydrogen) atoms. The molecule has 0 radical (unpaired) electrons. The Labute approximate surface area is 135 Å². The van der Waals surface area contributed by atoms with Gasteiger partial charge in [0.05, 0.1) is 4.90 Å². The number of hydrogen-bond acceptors (Lipinski definition) is 3. The molecule has 1 unspecified atom stereocenters. The van der Waals surface area contributed by atoms with Gasteiger partial charge < -0.3 is 5.32 Å². The van der Waals surface area contributed by atoms with Crippen molar-refractivity contribution in [2.45, 2.75) is 50.6 Å². The minimum absolute atomic E-state index is 0.0253. The standard InChI is InChI=1S/C15H23BrN2O2S/c1-10-6-13(9-17-3)8-14(15(10)16)21(19,20)18-11(2)7-12-4-5-12/h6,8,11-12,17-18H,4-5,7,9H2,1-3H3. The van der Waals surface area contributed by atoms with E-state index in [4.69, 9.17) is 0 Å². The van der Waals surface area contributed by atoms with Gasteiger partial charge in [0.25, 0.3) is 0 Å². The van der Waals surface area contributed by atoms with Gasteiger partial charge in [-0.3, -0.25) is 0 Å². The highest BCUT2D eigenvalue weighted by molar-refractivity contribution is 9.10. The third-order valence-corrected chi connectivity index (χ3v) is 6.62. The monoisotopic (exact) mass is 374 g/mol. The van der Waals surface area contributed by atoms with Gasteiger partial charge in [-0.25, -0.2) is 13.1 Å². The van der Waals surface area contributed by atoms with Crippen LogP contribution in [-0.4, -0.2) is 21.5 Å². The number of sulfonamides is 1. The molecule has 0 amide bonds. The summed E-state index contributed by atoms with van der Waals surface area (Å²) in [6.45, 7) is 4.50. The van der Waals surface area contributed by atoms with Crippen LogP contribution in [0.4, 0.5) is 0 Å². The van der Waals surface area contributed by atoms with E-state index in [2.05, 4.69) is 26.0 Å². The summed E-state index contributed by atoms with van der Waals surface area (Å²) in [4.78, 5) is 0.329. The van der Waals surface area contributed by atoms with Crippen molar-refractivity contribution < 1.29 is 8.42 Å². The first-order chi connectivity index (χ1) is 9.83. The summed E-state index contributed by atoms with van der Waals surface area (Å²) in [5.41, 5.74) is 1.89. The second-order valence-electron chi connectivity index (χ2n) is 5.96. The van der Waals surface area contributed by atoms with Crippen LogP contribution in [0.3, 0.4) is 0 Å². The van der Waals surface area contributed by atoms with Gasteiger partial charge in [0.2, 0.25) is 10.0 Å². The summed E-state index contributed by atoms with van der Waals surface area (Å²) in [6.07, 6.45) is 3.38. The van der Waals surface area contributed by atoms with E-state index >= 15 is 0 Å². The maximum atomic E-state index is 12.6. The Morgan fingerprint density at radius 2 is 2.05 bits per heavy atom. The van der Waals surface area contributed by atoms with Gasteiger partial charge in [-0.2, -0.15) is 0 Å². The molecular weight excluding hydrogens is 352 g/mol. The van der Waals surface area contributed by atoms with Gasteiger partial charge in [0.1, 0.15) is 0 Å². The lowest BCUT2D eigenvalue weighted by Crippen LogP contribution is -2.33. The van der Waals surface area contributed by atoms with Gasteiger partial charge in [0.15, 0.2) is 0 Å². The Bertz CT molecular complexity index is 612. The molecule has 1 atom stereocenters. The molecule has 0 saturated heterocycles. The zero-order chi connectivity index (χ0) is 15.6. The van der Waals surface area contributed by atoms with Crippen LogP contribution in [0.2, 0.25) is 0 Å². The molecule has 1 aliphatic rings. The highest BCUT2D eigenvalue weighted by atomic mass is 79.9. The zero-order valence-corrected chi connectivity index (χ0v) is 15.1. The Balaban J connectivity index is 2.24. The fourth-order valence-electron chi connectivity index (χ4n) is 2.54. The molecular formula is C15H23BrN2O2S. The Kier molecular flexibility index (Phi) is 5.46. The number of rotatable bonds is 7. The molecule has 1 saturated carbocycles. The highest BCUT2D eigenvalue weighted by Crippen LogP contribution is 2.34. The smallest absolute Gasteiger partial charge is 0.241 e. The molecule has 0 aromatic heterocycles. The predicted octanol–water partition coefficient (Wildman–Crippen LogP) is 2.94. The molecule has 1 aliphatic carbocycles. The van der Waals surface area contributed by atoms with E-state index in [1.807, 2.05) is 27.0 Å². The third-order valence-electron chi connectivity index (χ3n) is 3.69. The molecule has 2 N–H and O–H groups in total. The van der Waals surface area contributed by atoms with Crippen LogP contribution in [0, 0.1) is 12.8 Å². The fourth-order valence-corrected chi connectivity index (χ4v) is 4.87. The van der Waals surface area contributed by atoms with Crippen molar-refractivity contribution in [2.75, 3.05) is 7.05 Å². The molecule has 0 aliphatic heterocycles. The van der Waals surface area contributed by atoms with Crippen molar-refractivity contribution in [3.05, 3.63) is 27.7 Å². The lowest BCUT2D eigenvalue weighted by atomic mass is 10.1. The summed E-state index contributed by atoms with van der Waals surface area (Å²) < 4.78 is 28.7. The average molecular weight is 375 g/mol. The molecule has 6 heteroatoms. The van der Waals surface area contributed by atoms with Gasteiger partial charge in [-0.15, -0.1) is 0 Å². The molecule has 0 bridgehead atoms. The van der Waals surface area contributed by atoms with Gasteiger partial charge >= 0.3 is 0 Å². The van der Waals surface area contributed by atoms with Crippen molar-refractivity contribution in [3.8, 4) is 0 Å². The topological polar surface area (TPSA) is 58.2 Å². The van der Waals surface area contributed by atoms with Crippen LogP contribution in [0.5, 0.6) is 0 Å². The van der Waals surface area contributed by atoms with E-state index in [0.29, 0.717) is 21.8 Å². The highest BCUT2D eigenvalue weighted by Gasteiger charge is 2.27. The minimum atomic E-state index is -3.50. The normalized spacial score (nSPS) is 17.0. The average Bonchev–Trinajstić information content (AvgIpc) is 3.16. The fraction of sp³-hybridized carbons (Fsp3) is 0.600. The number of benzene rings is 1. The van der Waals surface area contributed by atoms with E-state index in [0.717, 1.165) is 17.5 Å². The van der Waals surface area contributed by atoms with E-state index in [1.165, 1.54) is 12.8 Å². The van der Waals surface area contributed by atoms with E-state index in [-0.39, 0.29) is 6.04 Å². The van der Waals surface area contributed by atoms with Gasteiger partial charge in [-0.05, 0) is 66.4 Å². The molecule has 0 heterocycles. The first-order valence-electron chi connectivity index (χ1n) is 7.29. The lowest BCUT2D eigenvalue weighted by Gasteiger charge is -2.16. The number of aryl methyl sites for hydroxylation is 1. The number of hydrogen-bond donors (Lipinski definition) is 2. The van der Waals surface area contributed by atoms with E-state index < -0.39 is 10.0 Å². The summed E-state index contributed by atoms with van der Waals surface area (Å²) in [6, 6.07) is 3.70. The van der Waals surface area contributed by atoms with Crippen LogP contribution >= 0.6 is 15.9 Å². The van der Waals surface area contributed by atoms with Crippen LogP contribution in [-0.2, 0) is 16.6 Å². The Hall–Kier alpha value is -0.430. The van der Waals surface area contributed by atoms with Crippen molar-refractivity contribution in [1.82, 2.24) is 10.0 Å². The quantitative estimate of drug-likeness (QED) is 0.771. The molecule has 2 rings (SSSR count). The van der Waals surface area contributed by atoms with Crippen molar-refractivity contribution in [1.29, 1.82) is 0 Å². The van der Waals surface area contributed by atoms with Crippen molar-refractivity contribution in [2.24, 2.45) is 5.92 Å². The Morgan fingerprint density at radius 3 is 2.62 bits per heavy atom. The van der Waals surface area contributed by atoms with Crippen molar-refractivity contribution in [3.63, 3.8) is 0 Å². The predicted molar refractivity (Wildman–Crippen MR) is 88.8 cm³/mol. The summed E-state index contributed by atoms with van der Waals surface area (Å²) in [7, 11) is -1.65. The number of halogens is 1. The maximum absolute atomic E-state index is 12.6. The van der Waals surface area contributed by atoms with Crippen LogP contribution < -0.4 is 10.0 Å². The maximum Gasteiger partial charge on any atom is 0.241 e. The molecule has 1 aromatic rings. The summed E-state index contributed by atoms with van der Waals surface area (Å²) in [5, 5.41) is 3.05. The van der Waals surface area contributed by atoms with Gasteiger partial charge in [-0.1, -0.05) is 18.9 Å². The van der Waals surface area contributed by atoms with Crippen LogP contribution in [0.15, 0.2) is 21.5 Å². The second-order valence-corrected chi connectivity index (χ2v) is 8.43. The Morgan fingerprint density at radius 1 is 1.38 bits per heavy atom.